The predicted molar refractivity (Wildman–Crippen MR) is 95.2 cm³/mol. The third-order valence-corrected chi connectivity index (χ3v) is 4.35. The van der Waals surface area contributed by atoms with E-state index in [1.807, 2.05) is 35.2 Å². The first-order valence-corrected chi connectivity index (χ1v) is 7.95. The van der Waals surface area contributed by atoms with Gasteiger partial charge in [-0.25, -0.2) is 0 Å². The third kappa shape index (κ3) is 3.33. The van der Waals surface area contributed by atoms with Crippen molar-refractivity contribution in [1.82, 2.24) is 0 Å². The summed E-state index contributed by atoms with van der Waals surface area (Å²) in [4.78, 5) is 15.1. The van der Waals surface area contributed by atoms with Crippen LogP contribution < -0.4 is 14.5 Å². The molecule has 0 saturated carbocycles. The Kier molecular flexibility index (Phi) is 4.70. The van der Waals surface area contributed by atoms with Crippen molar-refractivity contribution in [3.63, 3.8) is 0 Å². The Morgan fingerprint density at radius 1 is 1.08 bits per heavy atom. The van der Waals surface area contributed by atoms with Gasteiger partial charge in [-0.3, -0.25) is 10.1 Å². The molecule has 0 aromatic heterocycles. The molecule has 0 bridgehead atoms. The number of para-hydroxylation sites is 2. The SMILES string of the molecule is COc1ccccc1N1CCN(c2ccc(C#N)cc2[N+](=O)[O-])CC1. The second kappa shape index (κ2) is 7.09. The normalized spacial score (nSPS) is 14.1. The smallest absolute Gasteiger partial charge is 0.293 e. The van der Waals surface area contributed by atoms with Gasteiger partial charge in [-0.05, 0) is 24.3 Å². The fraction of sp³-hybridized carbons (Fsp3) is 0.278. The molecule has 0 N–H and O–H groups in total. The quantitative estimate of drug-likeness (QED) is 0.630. The number of piperazine rings is 1. The monoisotopic (exact) mass is 338 g/mol. The zero-order valence-corrected chi connectivity index (χ0v) is 13.9. The van der Waals surface area contributed by atoms with Crippen molar-refractivity contribution < 1.29 is 9.66 Å². The van der Waals surface area contributed by atoms with Crippen LogP contribution in [0.1, 0.15) is 5.56 Å². The van der Waals surface area contributed by atoms with E-state index in [0.29, 0.717) is 24.3 Å². The van der Waals surface area contributed by atoms with Gasteiger partial charge in [-0.15, -0.1) is 0 Å². The lowest BCUT2D eigenvalue weighted by atomic mass is 10.1. The largest absolute Gasteiger partial charge is 0.495 e. The lowest BCUT2D eigenvalue weighted by molar-refractivity contribution is -0.384. The maximum absolute atomic E-state index is 11.3. The molecule has 1 heterocycles. The van der Waals surface area contributed by atoms with E-state index in [0.717, 1.165) is 24.5 Å². The first-order valence-electron chi connectivity index (χ1n) is 7.95. The maximum atomic E-state index is 11.3. The molecule has 7 heteroatoms. The molecule has 0 aliphatic carbocycles. The molecule has 0 atom stereocenters. The second-order valence-electron chi connectivity index (χ2n) is 5.72. The molecule has 25 heavy (non-hydrogen) atoms. The molecule has 2 aromatic rings. The van der Waals surface area contributed by atoms with Gasteiger partial charge >= 0.3 is 0 Å². The topological polar surface area (TPSA) is 82.6 Å². The number of benzene rings is 2. The van der Waals surface area contributed by atoms with Crippen LogP contribution in [0, 0.1) is 21.4 Å². The Hall–Kier alpha value is -3.27. The van der Waals surface area contributed by atoms with Crippen LogP contribution >= 0.6 is 0 Å². The highest BCUT2D eigenvalue weighted by Crippen LogP contribution is 2.32. The maximum Gasteiger partial charge on any atom is 0.293 e. The first kappa shape index (κ1) is 16.6. The molecule has 2 aromatic carbocycles. The molecular formula is C18H18N4O3. The zero-order valence-electron chi connectivity index (χ0n) is 13.9. The fourth-order valence-electron chi connectivity index (χ4n) is 3.09. The van der Waals surface area contributed by atoms with E-state index in [2.05, 4.69) is 4.90 Å². The van der Waals surface area contributed by atoms with Gasteiger partial charge in [0.1, 0.15) is 11.4 Å². The van der Waals surface area contributed by atoms with Gasteiger partial charge in [-0.1, -0.05) is 12.1 Å². The minimum atomic E-state index is -0.428. The summed E-state index contributed by atoms with van der Waals surface area (Å²) < 4.78 is 5.41. The van der Waals surface area contributed by atoms with Gasteiger partial charge in [0, 0.05) is 32.2 Å². The van der Waals surface area contributed by atoms with Crippen molar-refractivity contribution in [3.05, 3.63) is 58.1 Å². The number of nitro groups is 1. The summed E-state index contributed by atoms with van der Waals surface area (Å²) in [5, 5.41) is 20.3. The average Bonchev–Trinajstić information content (AvgIpc) is 2.67. The molecule has 0 spiro atoms. The summed E-state index contributed by atoms with van der Waals surface area (Å²) in [5.74, 6) is 0.820. The van der Waals surface area contributed by atoms with Crippen LogP contribution in [-0.2, 0) is 0 Å². The average molecular weight is 338 g/mol. The summed E-state index contributed by atoms with van der Waals surface area (Å²) in [6.07, 6.45) is 0. The molecule has 1 saturated heterocycles. The van der Waals surface area contributed by atoms with Crippen molar-refractivity contribution in [2.75, 3.05) is 43.1 Å². The van der Waals surface area contributed by atoms with Gasteiger partial charge in [0.15, 0.2) is 0 Å². The minimum absolute atomic E-state index is 0.0233. The molecule has 1 fully saturated rings. The molecule has 0 radical (unpaired) electrons. The minimum Gasteiger partial charge on any atom is -0.495 e. The number of anilines is 2. The third-order valence-electron chi connectivity index (χ3n) is 4.35. The predicted octanol–water partition coefficient (Wildman–Crippen LogP) is 2.80. The van der Waals surface area contributed by atoms with Gasteiger partial charge in [0.2, 0.25) is 0 Å². The molecule has 1 aliphatic rings. The molecule has 3 rings (SSSR count). The number of ether oxygens (including phenoxy) is 1. The van der Waals surface area contributed by atoms with Crippen LogP contribution in [-0.4, -0.2) is 38.2 Å². The molecule has 1 aliphatic heterocycles. The van der Waals surface area contributed by atoms with Crippen molar-refractivity contribution in [1.29, 1.82) is 5.26 Å². The number of nitro benzene ring substituents is 1. The lowest BCUT2D eigenvalue weighted by Crippen LogP contribution is -2.46. The number of methoxy groups -OCH3 is 1. The zero-order chi connectivity index (χ0) is 17.8. The van der Waals surface area contributed by atoms with Gasteiger partial charge in [0.25, 0.3) is 5.69 Å². The van der Waals surface area contributed by atoms with E-state index in [1.54, 1.807) is 19.2 Å². The highest BCUT2D eigenvalue weighted by atomic mass is 16.6. The van der Waals surface area contributed by atoms with E-state index in [-0.39, 0.29) is 5.69 Å². The van der Waals surface area contributed by atoms with E-state index in [9.17, 15) is 10.1 Å². The standard InChI is InChI=1S/C18H18N4O3/c1-25-18-5-3-2-4-16(18)21-10-8-20(9-11-21)15-7-6-14(13-19)12-17(15)22(23)24/h2-7,12H,8-11H2,1H3. The van der Waals surface area contributed by atoms with Crippen LogP contribution in [0.4, 0.5) is 17.1 Å². The Morgan fingerprint density at radius 2 is 1.72 bits per heavy atom. The van der Waals surface area contributed by atoms with Gasteiger partial charge in [0.05, 0.1) is 29.4 Å². The van der Waals surface area contributed by atoms with Crippen molar-refractivity contribution in [3.8, 4) is 11.8 Å². The second-order valence-corrected chi connectivity index (χ2v) is 5.72. The first-order chi connectivity index (χ1) is 12.1. The Labute approximate surface area is 145 Å². The highest BCUT2D eigenvalue weighted by molar-refractivity contribution is 5.67. The van der Waals surface area contributed by atoms with Crippen molar-refractivity contribution in [2.24, 2.45) is 0 Å². The summed E-state index contributed by atoms with van der Waals surface area (Å²) in [7, 11) is 1.65. The van der Waals surface area contributed by atoms with Crippen molar-refractivity contribution in [2.45, 2.75) is 0 Å². The lowest BCUT2D eigenvalue weighted by Gasteiger charge is -2.37. The molecule has 7 nitrogen and oxygen atoms in total. The van der Waals surface area contributed by atoms with Gasteiger partial charge in [-0.2, -0.15) is 5.26 Å². The van der Waals surface area contributed by atoms with E-state index < -0.39 is 4.92 Å². The number of nitrogens with zero attached hydrogens (tertiary/aromatic N) is 4. The highest BCUT2D eigenvalue weighted by Gasteiger charge is 2.25. The number of hydrogen-bond acceptors (Lipinski definition) is 6. The summed E-state index contributed by atoms with van der Waals surface area (Å²) in [6, 6.07) is 14.4. The van der Waals surface area contributed by atoms with Crippen LogP contribution in [0.25, 0.3) is 0 Å². The Bertz CT molecular complexity index is 823. The van der Waals surface area contributed by atoms with Crippen LogP contribution in [0.3, 0.4) is 0 Å². The summed E-state index contributed by atoms with van der Waals surface area (Å²) in [6.45, 7) is 2.78. The van der Waals surface area contributed by atoms with Crippen LogP contribution in [0.15, 0.2) is 42.5 Å². The number of nitriles is 1. The molecule has 128 valence electrons. The molecule has 0 amide bonds. The van der Waals surface area contributed by atoms with Crippen LogP contribution in [0.2, 0.25) is 0 Å². The number of hydrogen-bond donors (Lipinski definition) is 0. The number of rotatable bonds is 4. The molecule has 0 unspecified atom stereocenters. The summed E-state index contributed by atoms with van der Waals surface area (Å²) >= 11 is 0. The van der Waals surface area contributed by atoms with Crippen LogP contribution in [0.5, 0.6) is 5.75 Å². The van der Waals surface area contributed by atoms with E-state index in [1.165, 1.54) is 6.07 Å². The van der Waals surface area contributed by atoms with E-state index in [4.69, 9.17) is 10.00 Å². The Balaban J connectivity index is 1.79. The Morgan fingerprint density at radius 3 is 2.32 bits per heavy atom. The van der Waals surface area contributed by atoms with E-state index >= 15 is 0 Å². The molecular weight excluding hydrogens is 320 g/mol. The fourth-order valence-corrected chi connectivity index (χ4v) is 3.09. The summed E-state index contributed by atoms with van der Waals surface area (Å²) in [5.41, 5.74) is 1.86. The van der Waals surface area contributed by atoms with Crippen molar-refractivity contribution >= 4 is 17.1 Å². The van der Waals surface area contributed by atoms with Gasteiger partial charge < -0.3 is 14.5 Å².